The number of rotatable bonds is 5. The minimum absolute atomic E-state index is 0.200. The second kappa shape index (κ2) is 8.49. The summed E-state index contributed by atoms with van der Waals surface area (Å²) in [4.78, 5) is 39.2. The lowest BCUT2D eigenvalue weighted by molar-refractivity contribution is -0.137. The van der Waals surface area contributed by atoms with Crippen LogP contribution in [0, 0.1) is 0 Å². The van der Waals surface area contributed by atoms with E-state index in [1.54, 1.807) is 36.1 Å². The van der Waals surface area contributed by atoms with E-state index in [2.05, 4.69) is 10.6 Å². The summed E-state index contributed by atoms with van der Waals surface area (Å²) in [6, 6.07) is 16.7. The molecule has 0 aliphatic carbocycles. The zero-order chi connectivity index (χ0) is 19.2. The van der Waals surface area contributed by atoms with Gasteiger partial charge < -0.3 is 15.5 Å². The molecule has 3 rings (SSSR count). The molecule has 0 aromatic heterocycles. The fourth-order valence-corrected chi connectivity index (χ4v) is 3.23. The Hall–Kier alpha value is -3.15. The summed E-state index contributed by atoms with van der Waals surface area (Å²) >= 11 is 0. The van der Waals surface area contributed by atoms with Crippen LogP contribution in [-0.4, -0.2) is 41.2 Å². The molecule has 2 atom stereocenters. The van der Waals surface area contributed by atoms with E-state index in [9.17, 15) is 14.4 Å². The van der Waals surface area contributed by atoms with Crippen molar-refractivity contribution in [2.24, 2.45) is 0 Å². The van der Waals surface area contributed by atoms with Crippen molar-refractivity contribution in [2.75, 3.05) is 11.9 Å². The van der Waals surface area contributed by atoms with Gasteiger partial charge in [-0.05, 0) is 44.0 Å². The smallest absolute Gasteiger partial charge is 0.251 e. The molecular formula is C21H23N3O3. The summed E-state index contributed by atoms with van der Waals surface area (Å²) in [6.45, 7) is 2.16. The predicted octanol–water partition coefficient (Wildman–Crippen LogP) is 2.43. The maximum atomic E-state index is 12.8. The molecule has 3 amide bonds. The van der Waals surface area contributed by atoms with E-state index in [-0.39, 0.29) is 17.7 Å². The largest absolute Gasteiger partial charge is 0.341 e. The SMILES string of the molecule is C[C@H](NC(=O)c1ccccc1)C(=O)N1CCC[C@H]1C(=O)Nc1ccccc1. The van der Waals surface area contributed by atoms with Gasteiger partial charge in [-0.2, -0.15) is 0 Å². The lowest BCUT2D eigenvalue weighted by Gasteiger charge is -2.27. The first kappa shape index (κ1) is 18.6. The first-order valence-electron chi connectivity index (χ1n) is 9.08. The molecule has 2 N–H and O–H groups in total. The number of hydrogen-bond donors (Lipinski definition) is 2. The standard InChI is InChI=1S/C21H23N3O3/c1-15(22-19(25)16-9-4-2-5-10-16)21(27)24-14-8-13-18(24)20(26)23-17-11-6-3-7-12-17/h2-7,9-12,15,18H,8,13-14H2,1H3,(H,22,25)(H,23,26)/t15-,18-/m0/s1. The molecule has 6 nitrogen and oxygen atoms in total. The van der Waals surface area contributed by atoms with Crippen molar-refractivity contribution in [3.05, 3.63) is 66.2 Å². The van der Waals surface area contributed by atoms with E-state index in [0.29, 0.717) is 24.2 Å². The second-order valence-corrected chi connectivity index (χ2v) is 6.61. The lowest BCUT2D eigenvalue weighted by atomic mass is 10.1. The molecule has 1 fully saturated rings. The number of carbonyl (C=O) groups excluding carboxylic acids is 3. The van der Waals surface area contributed by atoms with Gasteiger partial charge in [-0.25, -0.2) is 0 Å². The monoisotopic (exact) mass is 365 g/mol. The molecule has 6 heteroatoms. The van der Waals surface area contributed by atoms with Gasteiger partial charge in [-0.3, -0.25) is 14.4 Å². The number of anilines is 1. The highest BCUT2D eigenvalue weighted by Gasteiger charge is 2.36. The number of carbonyl (C=O) groups is 3. The maximum absolute atomic E-state index is 12.8. The minimum Gasteiger partial charge on any atom is -0.341 e. The van der Waals surface area contributed by atoms with Crippen LogP contribution in [0.4, 0.5) is 5.69 Å². The van der Waals surface area contributed by atoms with Crippen LogP contribution in [0.2, 0.25) is 0 Å². The van der Waals surface area contributed by atoms with Crippen molar-refractivity contribution in [2.45, 2.75) is 31.8 Å². The molecule has 1 aliphatic rings. The average Bonchev–Trinajstić information content (AvgIpc) is 3.18. The van der Waals surface area contributed by atoms with Gasteiger partial charge in [-0.1, -0.05) is 36.4 Å². The number of nitrogens with zero attached hydrogens (tertiary/aromatic N) is 1. The molecule has 0 unspecified atom stereocenters. The Balaban J connectivity index is 1.62. The number of amides is 3. The Kier molecular flexibility index (Phi) is 5.86. The van der Waals surface area contributed by atoms with Crippen LogP contribution < -0.4 is 10.6 Å². The number of para-hydroxylation sites is 1. The van der Waals surface area contributed by atoms with Gasteiger partial charge in [0.15, 0.2) is 0 Å². The van der Waals surface area contributed by atoms with Crippen LogP contribution in [0.5, 0.6) is 0 Å². The molecule has 1 aliphatic heterocycles. The normalized spacial score (nSPS) is 17.2. The van der Waals surface area contributed by atoms with Crippen LogP contribution in [0.3, 0.4) is 0 Å². The summed E-state index contributed by atoms with van der Waals surface area (Å²) in [5.41, 5.74) is 1.20. The molecule has 140 valence electrons. The summed E-state index contributed by atoms with van der Waals surface area (Å²) in [5, 5.41) is 5.57. The van der Waals surface area contributed by atoms with Crippen molar-refractivity contribution in [1.82, 2.24) is 10.2 Å². The number of benzene rings is 2. The number of hydrogen-bond acceptors (Lipinski definition) is 3. The van der Waals surface area contributed by atoms with Gasteiger partial charge in [-0.15, -0.1) is 0 Å². The molecule has 0 radical (unpaired) electrons. The predicted molar refractivity (Wildman–Crippen MR) is 103 cm³/mol. The highest BCUT2D eigenvalue weighted by atomic mass is 16.2. The molecule has 0 bridgehead atoms. The van der Waals surface area contributed by atoms with Crippen LogP contribution in [0.25, 0.3) is 0 Å². The molecule has 1 saturated heterocycles. The Morgan fingerprint density at radius 2 is 1.63 bits per heavy atom. The first-order valence-corrected chi connectivity index (χ1v) is 9.08. The van der Waals surface area contributed by atoms with Crippen LogP contribution in [0.15, 0.2) is 60.7 Å². The molecule has 27 heavy (non-hydrogen) atoms. The lowest BCUT2D eigenvalue weighted by Crippen LogP contribution is -2.51. The van der Waals surface area contributed by atoms with E-state index >= 15 is 0 Å². The molecule has 2 aromatic rings. The van der Waals surface area contributed by atoms with Crippen LogP contribution in [0.1, 0.15) is 30.1 Å². The molecule has 2 aromatic carbocycles. The number of likely N-dealkylation sites (tertiary alicyclic amines) is 1. The zero-order valence-corrected chi connectivity index (χ0v) is 15.2. The van der Waals surface area contributed by atoms with Crippen molar-refractivity contribution < 1.29 is 14.4 Å². The summed E-state index contributed by atoms with van der Waals surface area (Å²) in [7, 11) is 0. The second-order valence-electron chi connectivity index (χ2n) is 6.61. The Labute approximate surface area is 158 Å². The summed E-state index contributed by atoms with van der Waals surface area (Å²) < 4.78 is 0. The van der Waals surface area contributed by atoms with Gasteiger partial charge in [0.2, 0.25) is 11.8 Å². The number of nitrogens with one attached hydrogen (secondary N) is 2. The molecule has 1 heterocycles. The zero-order valence-electron chi connectivity index (χ0n) is 15.2. The fraction of sp³-hybridized carbons (Fsp3) is 0.286. The van der Waals surface area contributed by atoms with Gasteiger partial charge in [0.25, 0.3) is 5.91 Å². The Morgan fingerprint density at radius 1 is 1.00 bits per heavy atom. The minimum atomic E-state index is -0.706. The maximum Gasteiger partial charge on any atom is 0.251 e. The van der Waals surface area contributed by atoms with E-state index < -0.39 is 12.1 Å². The summed E-state index contributed by atoms with van der Waals surface area (Å²) in [5.74, 6) is -0.750. The van der Waals surface area contributed by atoms with Crippen LogP contribution in [-0.2, 0) is 9.59 Å². The van der Waals surface area contributed by atoms with Crippen molar-refractivity contribution >= 4 is 23.4 Å². The fourth-order valence-electron chi connectivity index (χ4n) is 3.23. The van der Waals surface area contributed by atoms with E-state index in [0.717, 1.165) is 6.42 Å². The van der Waals surface area contributed by atoms with Gasteiger partial charge in [0.05, 0.1) is 0 Å². The van der Waals surface area contributed by atoms with E-state index in [1.807, 2.05) is 36.4 Å². The van der Waals surface area contributed by atoms with E-state index in [4.69, 9.17) is 0 Å². The van der Waals surface area contributed by atoms with Crippen molar-refractivity contribution in [3.8, 4) is 0 Å². The third kappa shape index (κ3) is 4.53. The Morgan fingerprint density at radius 3 is 2.30 bits per heavy atom. The van der Waals surface area contributed by atoms with Gasteiger partial charge in [0.1, 0.15) is 12.1 Å². The van der Waals surface area contributed by atoms with Crippen LogP contribution >= 0.6 is 0 Å². The van der Waals surface area contributed by atoms with Gasteiger partial charge >= 0.3 is 0 Å². The first-order chi connectivity index (χ1) is 13.1. The highest BCUT2D eigenvalue weighted by molar-refractivity contribution is 6.00. The quantitative estimate of drug-likeness (QED) is 0.854. The highest BCUT2D eigenvalue weighted by Crippen LogP contribution is 2.20. The third-order valence-electron chi connectivity index (χ3n) is 4.63. The Bertz CT molecular complexity index is 808. The van der Waals surface area contributed by atoms with E-state index in [1.165, 1.54) is 0 Å². The third-order valence-corrected chi connectivity index (χ3v) is 4.63. The van der Waals surface area contributed by atoms with Crippen molar-refractivity contribution in [1.29, 1.82) is 0 Å². The van der Waals surface area contributed by atoms with Crippen molar-refractivity contribution in [3.63, 3.8) is 0 Å². The molecule has 0 saturated carbocycles. The average molecular weight is 365 g/mol. The topological polar surface area (TPSA) is 78.5 Å². The van der Waals surface area contributed by atoms with Gasteiger partial charge in [0, 0.05) is 17.8 Å². The molecular weight excluding hydrogens is 342 g/mol. The molecule has 0 spiro atoms. The summed E-state index contributed by atoms with van der Waals surface area (Å²) in [6.07, 6.45) is 1.38.